The molecular weight excluding hydrogens is 444 g/mol. The molecule has 2 aromatic rings. The smallest absolute Gasteiger partial charge is 0.268 e. The van der Waals surface area contributed by atoms with E-state index in [4.69, 9.17) is 0 Å². The van der Waals surface area contributed by atoms with E-state index >= 15 is 0 Å². The molecule has 0 bridgehead atoms. The number of hydrazine groups is 1. The predicted molar refractivity (Wildman–Crippen MR) is 99.0 cm³/mol. The van der Waals surface area contributed by atoms with Crippen molar-refractivity contribution in [1.29, 1.82) is 0 Å². The summed E-state index contributed by atoms with van der Waals surface area (Å²) in [6.07, 6.45) is -4.91. The van der Waals surface area contributed by atoms with E-state index in [0.29, 0.717) is 18.6 Å². The average molecular weight is 459 g/mol. The zero-order chi connectivity index (χ0) is 23.7. The second-order valence-corrected chi connectivity index (χ2v) is 6.72. The second-order valence-electron chi connectivity index (χ2n) is 6.72. The first-order chi connectivity index (χ1) is 14.9. The van der Waals surface area contributed by atoms with Crippen LogP contribution in [-0.2, 0) is 21.9 Å². The van der Waals surface area contributed by atoms with Crippen LogP contribution in [0.3, 0.4) is 0 Å². The Hall–Kier alpha value is -3.64. The number of hydrogen-bond acceptors (Lipinski definition) is 4. The highest BCUT2D eigenvalue weighted by molar-refractivity contribution is 5.96. The Labute approximate surface area is 177 Å². The number of hydrogen-bond donors (Lipinski definition) is 1. The molecule has 1 aromatic heterocycles. The number of alkyl halides is 6. The van der Waals surface area contributed by atoms with Gasteiger partial charge in [-0.15, -0.1) is 5.10 Å². The topological polar surface area (TPSA) is 80.1 Å². The average Bonchev–Trinajstić information content (AvgIpc) is 3.31. The molecule has 0 radical (unpaired) electrons. The maximum absolute atomic E-state index is 13.0. The van der Waals surface area contributed by atoms with Gasteiger partial charge in [0.05, 0.1) is 17.7 Å². The van der Waals surface area contributed by atoms with Crippen LogP contribution in [0, 0.1) is 0 Å². The zero-order valence-electron chi connectivity index (χ0n) is 16.3. The SMILES string of the molecule is CCC1=CC(=O)N(NC(=O)/C=C\n2cnc(-c3cc(C(F)(F)F)cc(C(F)(F)F)c3)n2)C1. The minimum atomic E-state index is -5.00. The van der Waals surface area contributed by atoms with Crippen molar-refractivity contribution in [2.75, 3.05) is 6.54 Å². The number of amides is 2. The molecule has 0 saturated heterocycles. The Kier molecular flexibility index (Phi) is 6.10. The summed E-state index contributed by atoms with van der Waals surface area (Å²) in [5, 5.41) is 4.88. The highest BCUT2D eigenvalue weighted by atomic mass is 19.4. The molecule has 0 fully saturated rings. The van der Waals surface area contributed by atoms with Crippen molar-refractivity contribution in [2.45, 2.75) is 25.7 Å². The van der Waals surface area contributed by atoms with Gasteiger partial charge in [-0.25, -0.2) is 14.7 Å². The number of carbonyl (C=O) groups is 2. The van der Waals surface area contributed by atoms with E-state index < -0.39 is 46.7 Å². The molecule has 3 rings (SSSR count). The van der Waals surface area contributed by atoms with Crippen LogP contribution in [0.2, 0.25) is 0 Å². The lowest BCUT2D eigenvalue weighted by molar-refractivity contribution is -0.143. The van der Waals surface area contributed by atoms with Crippen LogP contribution in [0.5, 0.6) is 0 Å². The molecule has 0 spiro atoms. The molecule has 32 heavy (non-hydrogen) atoms. The number of nitrogens with zero attached hydrogens (tertiary/aromatic N) is 4. The third-order valence-corrected chi connectivity index (χ3v) is 4.39. The first kappa shape index (κ1) is 23.0. The number of benzene rings is 1. The van der Waals surface area contributed by atoms with E-state index in [9.17, 15) is 35.9 Å². The maximum atomic E-state index is 13.0. The van der Waals surface area contributed by atoms with Gasteiger partial charge < -0.3 is 0 Å². The van der Waals surface area contributed by atoms with Gasteiger partial charge in [-0.3, -0.25) is 15.0 Å². The zero-order valence-corrected chi connectivity index (χ0v) is 16.3. The van der Waals surface area contributed by atoms with Crippen molar-refractivity contribution in [3.63, 3.8) is 0 Å². The van der Waals surface area contributed by atoms with Gasteiger partial charge in [0, 0.05) is 23.9 Å². The summed E-state index contributed by atoms with van der Waals surface area (Å²) < 4.78 is 79.0. The maximum Gasteiger partial charge on any atom is 0.416 e. The predicted octanol–water partition coefficient (Wildman–Crippen LogP) is 3.66. The summed E-state index contributed by atoms with van der Waals surface area (Å²) in [6.45, 7) is 2.09. The molecule has 0 unspecified atom stereocenters. The third kappa shape index (κ3) is 5.34. The quantitative estimate of drug-likeness (QED) is 0.547. The first-order valence-electron chi connectivity index (χ1n) is 9.07. The van der Waals surface area contributed by atoms with E-state index in [1.54, 1.807) is 0 Å². The summed E-state index contributed by atoms with van der Waals surface area (Å²) in [5.74, 6) is -1.49. The van der Waals surface area contributed by atoms with E-state index in [2.05, 4.69) is 15.5 Å². The Morgan fingerprint density at radius 1 is 1.12 bits per heavy atom. The van der Waals surface area contributed by atoms with Crippen molar-refractivity contribution in [3.05, 3.63) is 53.4 Å². The third-order valence-electron chi connectivity index (χ3n) is 4.39. The lowest BCUT2D eigenvalue weighted by Crippen LogP contribution is -2.42. The Balaban J connectivity index is 1.77. The standard InChI is InChI=1S/C19H15F6N5O2/c1-2-11-5-16(32)30(9-11)27-15(31)3-4-29-10-26-17(28-29)12-6-13(18(20,21)22)8-14(7-12)19(23,24)25/h3-8,10H,2,9H2,1H3,(H,27,31)/b4-3-. The Morgan fingerprint density at radius 3 is 2.28 bits per heavy atom. The van der Waals surface area contributed by atoms with Gasteiger partial charge in [-0.05, 0) is 30.2 Å². The minimum Gasteiger partial charge on any atom is -0.268 e. The number of aromatic nitrogens is 3. The van der Waals surface area contributed by atoms with Gasteiger partial charge >= 0.3 is 12.4 Å². The Morgan fingerprint density at radius 2 is 1.75 bits per heavy atom. The molecule has 1 N–H and O–H groups in total. The molecule has 0 aliphatic carbocycles. The van der Waals surface area contributed by atoms with E-state index in [0.717, 1.165) is 33.9 Å². The van der Waals surface area contributed by atoms with Crippen molar-refractivity contribution < 1.29 is 35.9 Å². The summed E-state index contributed by atoms with van der Waals surface area (Å²) in [4.78, 5) is 27.4. The molecular formula is C19H15F6N5O2. The van der Waals surface area contributed by atoms with Crippen molar-refractivity contribution in [1.82, 2.24) is 25.2 Å². The van der Waals surface area contributed by atoms with Gasteiger partial charge in [0.15, 0.2) is 5.82 Å². The summed E-state index contributed by atoms with van der Waals surface area (Å²) in [5.41, 5.74) is -0.311. The van der Waals surface area contributed by atoms with Gasteiger partial charge in [0.25, 0.3) is 11.8 Å². The van der Waals surface area contributed by atoms with Crippen LogP contribution in [-0.4, -0.2) is 38.1 Å². The second kappa shape index (κ2) is 8.48. The fraction of sp³-hybridized carbons (Fsp3) is 0.263. The van der Waals surface area contributed by atoms with Gasteiger partial charge in [0.2, 0.25) is 0 Å². The van der Waals surface area contributed by atoms with E-state index in [1.165, 1.54) is 6.08 Å². The highest BCUT2D eigenvalue weighted by Crippen LogP contribution is 2.38. The van der Waals surface area contributed by atoms with Gasteiger partial charge in [0.1, 0.15) is 6.33 Å². The number of halogens is 6. The molecule has 7 nitrogen and oxygen atoms in total. The normalized spacial score (nSPS) is 14.9. The van der Waals surface area contributed by atoms with E-state index in [1.807, 2.05) is 6.92 Å². The molecule has 1 aromatic carbocycles. The minimum absolute atomic E-state index is 0.00317. The van der Waals surface area contributed by atoms with Crippen molar-refractivity contribution >= 4 is 18.0 Å². The van der Waals surface area contributed by atoms with Crippen molar-refractivity contribution in [2.24, 2.45) is 0 Å². The fourth-order valence-electron chi connectivity index (χ4n) is 2.76. The summed E-state index contributed by atoms with van der Waals surface area (Å²) in [7, 11) is 0. The van der Waals surface area contributed by atoms with Gasteiger partial charge in [-0.2, -0.15) is 26.3 Å². The molecule has 2 heterocycles. The molecule has 13 heteroatoms. The summed E-state index contributed by atoms with van der Waals surface area (Å²) >= 11 is 0. The Bertz CT molecular complexity index is 1070. The van der Waals surface area contributed by atoms with Gasteiger partial charge in [-0.1, -0.05) is 6.92 Å². The molecule has 0 atom stereocenters. The number of carbonyl (C=O) groups excluding carboxylic acids is 2. The van der Waals surface area contributed by atoms with Crippen LogP contribution >= 0.6 is 0 Å². The van der Waals surface area contributed by atoms with Crippen LogP contribution in [0.4, 0.5) is 26.3 Å². The monoisotopic (exact) mass is 459 g/mol. The van der Waals surface area contributed by atoms with E-state index in [-0.39, 0.29) is 12.6 Å². The molecule has 1 aliphatic rings. The molecule has 2 amide bonds. The number of nitrogens with one attached hydrogen (secondary N) is 1. The van der Waals surface area contributed by atoms with Crippen LogP contribution in [0.15, 0.2) is 42.3 Å². The van der Waals surface area contributed by atoms with Crippen molar-refractivity contribution in [3.8, 4) is 11.4 Å². The largest absolute Gasteiger partial charge is 0.416 e. The van der Waals surface area contributed by atoms with Crippen LogP contribution < -0.4 is 5.43 Å². The van der Waals surface area contributed by atoms with Crippen LogP contribution in [0.25, 0.3) is 17.6 Å². The lowest BCUT2D eigenvalue weighted by atomic mass is 10.0. The molecule has 0 saturated carbocycles. The fourth-order valence-corrected chi connectivity index (χ4v) is 2.76. The van der Waals surface area contributed by atoms with Crippen LogP contribution in [0.1, 0.15) is 24.5 Å². The number of rotatable bonds is 5. The lowest BCUT2D eigenvalue weighted by Gasteiger charge is -2.16. The first-order valence-corrected chi connectivity index (χ1v) is 9.07. The molecule has 1 aliphatic heterocycles. The summed E-state index contributed by atoms with van der Waals surface area (Å²) in [6, 6.07) is 1.01. The molecule has 170 valence electrons. The highest BCUT2D eigenvalue weighted by Gasteiger charge is 2.37.